The van der Waals surface area contributed by atoms with Gasteiger partial charge in [0.05, 0.1) is 0 Å². The molecule has 0 aliphatic carbocycles. The van der Waals surface area contributed by atoms with E-state index in [1.807, 2.05) is 25.6 Å². The zero-order chi connectivity index (χ0) is 13.0. The number of aryl methyl sites for hydroxylation is 1. The summed E-state index contributed by atoms with van der Waals surface area (Å²) in [6.45, 7) is 5.01. The fourth-order valence-electron chi connectivity index (χ4n) is 2.02. The minimum atomic E-state index is 0.713. The Bertz CT molecular complexity index is 404. The van der Waals surface area contributed by atoms with E-state index in [9.17, 15) is 0 Å². The molecule has 4 N–H and O–H groups in total. The number of nitrogens with two attached hydrogens (primary N) is 1. The van der Waals surface area contributed by atoms with E-state index in [1.165, 1.54) is 17.9 Å². The molecule has 1 aromatic heterocycles. The summed E-state index contributed by atoms with van der Waals surface area (Å²) in [4.78, 5) is 8.89. The Hall–Kier alpha value is -1.01. The van der Waals surface area contributed by atoms with Crippen LogP contribution >= 0.6 is 11.8 Å². The second kappa shape index (κ2) is 6.24. The van der Waals surface area contributed by atoms with E-state index in [0.717, 1.165) is 36.1 Å². The Kier molecular flexibility index (Phi) is 4.66. The number of rotatable bonds is 5. The molecule has 0 bridgehead atoms. The lowest BCUT2D eigenvalue weighted by molar-refractivity contribution is 0.629. The first-order chi connectivity index (χ1) is 8.74. The Morgan fingerprint density at radius 1 is 1.39 bits per heavy atom. The molecule has 0 radical (unpaired) electrons. The van der Waals surface area contributed by atoms with Crippen molar-refractivity contribution in [3.05, 3.63) is 11.4 Å². The first-order valence-corrected chi connectivity index (χ1v) is 7.55. The molecule has 1 atom stereocenters. The molecule has 2 rings (SSSR count). The van der Waals surface area contributed by atoms with Gasteiger partial charge in [0.25, 0.3) is 0 Å². The molecule has 100 valence electrons. The van der Waals surface area contributed by atoms with Crippen molar-refractivity contribution < 1.29 is 0 Å². The van der Waals surface area contributed by atoms with Crippen LogP contribution in [0.2, 0.25) is 0 Å². The summed E-state index contributed by atoms with van der Waals surface area (Å²) >= 11 is 2.03. The van der Waals surface area contributed by atoms with Gasteiger partial charge in [-0.25, -0.2) is 15.8 Å². The van der Waals surface area contributed by atoms with Gasteiger partial charge in [-0.15, -0.1) is 0 Å². The summed E-state index contributed by atoms with van der Waals surface area (Å²) in [6, 6.07) is 0. The molecule has 5 nitrogen and oxygen atoms in total. The van der Waals surface area contributed by atoms with Gasteiger partial charge in [0.15, 0.2) is 0 Å². The molecule has 1 aliphatic heterocycles. The number of aromatic nitrogens is 2. The molecule has 6 heteroatoms. The van der Waals surface area contributed by atoms with Crippen LogP contribution in [0.5, 0.6) is 0 Å². The lowest BCUT2D eigenvalue weighted by Gasteiger charge is -2.15. The van der Waals surface area contributed by atoms with Crippen LogP contribution in [0.15, 0.2) is 0 Å². The monoisotopic (exact) mass is 267 g/mol. The van der Waals surface area contributed by atoms with Crippen LogP contribution < -0.4 is 16.6 Å². The van der Waals surface area contributed by atoms with Gasteiger partial charge in [0, 0.05) is 18.5 Å². The van der Waals surface area contributed by atoms with Gasteiger partial charge in [-0.3, -0.25) is 0 Å². The van der Waals surface area contributed by atoms with E-state index >= 15 is 0 Å². The Morgan fingerprint density at radius 2 is 2.17 bits per heavy atom. The molecule has 1 fully saturated rings. The molecule has 0 saturated carbocycles. The van der Waals surface area contributed by atoms with Crippen molar-refractivity contribution in [1.82, 2.24) is 9.97 Å². The fourth-order valence-corrected chi connectivity index (χ4v) is 3.30. The largest absolute Gasteiger partial charge is 0.369 e. The molecule has 0 aromatic carbocycles. The van der Waals surface area contributed by atoms with Crippen molar-refractivity contribution in [3.63, 3.8) is 0 Å². The average Bonchev–Trinajstić information content (AvgIpc) is 2.90. The fraction of sp³-hybridized carbons (Fsp3) is 0.667. The Morgan fingerprint density at radius 3 is 2.78 bits per heavy atom. The molecule has 1 aromatic rings. The topological polar surface area (TPSA) is 75.9 Å². The lowest BCUT2D eigenvalue weighted by Crippen LogP contribution is -2.18. The van der Waals surface area contributed by atoms with E-state index in [2.05, 4.69) is 20.7 Å². The van der Waals surface area contributed by atoms with Gasteiger partial charge >= 0.3 is 0 Å². The van der Waals surface area contributed by atoms with E-state index in [1.54, 1.807) is 0 Å². The highest BCUT2D eigenvalue weighted by atomic mass is 32.2. The number of hydrogen-bond acceptors (Lipinski definition) is 6. The second-order valence-corrected chi connectivity index (χ2v) is 5.72. The number of nitrogen functional groups attached to an aromatic ring is 1. The van der Waals surface area contributed by atoms with Gasteiger partial charge in [0.1, 0.15) is 17.5 Å². The summed E-state index contributed by atoms with van der Waals surface area (Å²) in [6.07, 6.45) is 2.10. The predicted molar refractivity (Wildman–Crippen MR) is 77.9 cm³/mol. The number of hydrazine groups is 1. The molecule has 18 heavy (non-hydrogen) atoms. The van der Waals surface area contributed by atoms with Crippen molar-refractivity contribution in [3.8, 4) is 0 Å². The van der Waals surface area contributed by atoms with Gasteiger partial charge in [-0.05, 0) is 30.8 Å². The summed E-state index contributed by atoms with van der Waals surface area (Å²) < 4.78 is 0. The van der Waals surface area contributed by atoms with Gasteiger partial charge < -0.3 is 10.7 Å². The summed E-state index contributed by atoms with van der Waals surface area (Å²) in [5, 5.41) is 3.44. The van der Waals surface area contributed by atoms with Crippen molar-refractivity contribution in [2.45, 2.75) is 26.7 Å². The number of thioether (sulfide) groups is 1. The zero-order valence-electron chi connectivity index (χ0n) is 11.0. The highest BCUT2D eigenvalue weighted by Gasteiger charge is 2.16. The van der Waals surface area contributed by atoms with Crippen LogP contribution in [-0.4, -0.2) is 28.0 Å². The van der Waals surface area contributed by atoms with Gasteiger partial charge in [0.2, 0.25) is 0 Å². The number of nitrogens with one attached hydrogen (secondary N) is 2. The molecule has 0 spiro atoms. The van der Waals surface area contributed by atoms with Crippen molar-refractivity contribution in [2.75, 3.05) is 28.8 Å². The zero-order valence-corrected chi connectivity index (χ0v) is 11.8. The van der Waals surface area contributed by atoms with Crippen LogP contribution in [0.1, 0.15) is 24.7 Å². The molecule has 0 amide bonds. The maximum absolute atomic E-state index is 5.49. The Balaban J connectivity index is 2.09. The summed E-state index contributed by atoms with van der Waals surface area (Å²) in [7, 11) is 0. The van der Waals surface area contributed by atoms with E-state index in [4.69, 9.17) is 5.84 Å². The summed E-state index contributed by atoms with van der Waals surface area (Å²) in [5.74, 6) is 11.2. The van der Waals surface area contributed by atoms with E-state index < -0.39 is 0 Å². The maximum Gasteiger partial charge on any atom is 0.148 e. The number of nitrogens with zero attached hydrogens (tertiary/aromatic N) is 2. The minimum Gasteiger partial charge on any atom is -0.369 e. The van der Waals surface area contributed by atoms with Gasteiger partial charge in [-0.2, -0.15) is 11.8 Å². The van der Waals surface area contributed by atoms with E-state index in [-0.39, 0.29) is 0 Å². The van der Waals surface area contributed by atoms with Crippen molar-refractivity contribution in [1.29, 1.82) is 0 Å². The van der Waals surface area contributed by atoms with Crippen molar-refractivity contribution in [2.24, 2.45) is 11.8 Å². The molecule has 1 saturated heterocycles. The standard InChI is InChI=1S/C12H21N5S/c1-3-10-15-11(8(2)12(16-10)17-13)14-6-9-4-5-18-7-9/h9H,3-7,13H2,1-2H3,(H2,14,15,16,17). The minimum absolute atomic E-state index is 0.713. The van der Waals surface area contributed by atoms with E-state index in [0.29, 0.717) is 5.82 Å². The second-order valence-electron chi connectivity index (χ2n) is 4.57. The van der Waals surface area contributed by atoms with Crippen LogP contribution in [-0.2, 0) is 6.42 Å². The number of anilines is 2. The molecular formula is C12H21N5S. The molecule has 2 heterocycles. The SMILES string of the molecule is CCc1nc(NN)c(C)c(NCC2CCSC2)n1. The van der Waals surface area contributed by atoms with Crippen LogP contribution in [0.3, 0.4) is 0 Å². The smallest absolute Gasteiger partial charge is 0.148 e. The predicted octanol–water partition coefficient (Wildman–Crippen LogP) is 1.80. The van der Waals surface area contributed by atoms with Crippen molar-refractivity contribution >= 4 is 23.4 Å². The molecular weight excluding hydrogens is 246 g/mol. The lowest BCUT2D eigenvalue weighted by atomic mass is 10.1. The average molecular weight is 267 g/mol. The Labute approximate surface area is 112 Å². The third-order valence-electron chi connectivity index (χ3n) is 3.23. The maximum atomic E-state index is 5.49. The normalized spacial score (nSPS) is 18.9. The van der Waals surface area contributed by atoms with Gasteiger partial charge in [-0.1, -0.05) is 6.92 Å². The van der Waals surface area contributed by atoms with Crippen LogP contribution in [0.25, 0.3) is 0 Å². The number of hydrogen-bond donors (Lipinski definition) is 3. The summed E-state index contributed by atoms with van der Waals surface area (Å²) in [5.41, 5.74) is 3.63. The molecule has 1 aliphatic rings. The highest BCUT2D eigenvalue weighted by molar-refractivity contribution is 7.99. The van der Waals surface area contributed by atoms with Crippen LogP contribution in [0, 0.1) is 12.8 Å². The first-order valence-electron chi connectivity index (χ1n) is 6.40. The highest BCUT2D eigenvalue weighted by Crippen LogP contribution is 2.25. The molecule has 1 unspecified atom stereocenters. The van der Waals surface area contributed by atoms with Crippen LogP contribution in [0.4, 0.5) is 11.6 Å². The third-order valence-corrected chi connectivity index (χ3v) is 4.46. The first kappa shape index (κ1) is 13.4. The third kappa shape index (κ3) is 3.05. The quantitative estimate of drug-likeness (QED) is 0.558.